The van der Waals surface area contributed by atoms with Gasteiger partial charge < -0.3 is 14.6 Å². The number of halogens is 1. The van der Waals surface area contributed by atoms with Gasteiger partial charge in [-0.3, -0.25) is 14.5 Å². The highest BCUT2D eigenvalue weighted by molar-refractivity contribution is 6.51. The molecule has 3 aromatic carbocycles. The van der Waals surface area contributed by atoms with Crippen LogP contribution in [0.3, 0.4) is 0 Å². The van der Waals surface area contributed by atoms with E-state index in [1.807, 2.05) is 6.92 Å². The van der Waals surface area contributed by atoms with Crippen molar-refractivity contribution in [2.24, 2.45) is 0 Å². The lowest BCUT2D eigenvalue weighted by molar-refractivity contribution is -0.132. The number of carbonyl (C=O) groups is 2. The maximum Gasteiger partial charge on any atom is 0.300 e. The molecule has 1 amide bonds. The van der Waals surface area contributed by atoms with Gasteiger partial charge in [0.05, 0.1) is 25.3 Å². The molecule has 1 N–H and O–H groups in total. The summed E-state index contributed by atoms with van der Waals surface area (Å²) in [5.74, 6) is -1.50. The number of hydrogen-bond acceptors (Lipinski definition) is 5. The van der Waals surface area contributed by atoms with Crippen molar-refractivity contribution < 1.29 is 28.6 Å². The molecular formula is C26H22FNO5. The number of methoxy groups -OCH3 is 1. The Bertz CT molecular complexity index is 1240. The summed E-state index contributed by atoms with van der Waals surface area (Å²) in [6.07, 6.45) is 0. The Morgan fingerprint density at radius 2 is 1.73 bits per heavy atom. The van der Waals surface area contributed by atoms with Crippen LogP contribution in [0.15, 0.2) is 78.4 Å². The maximum atomic E-state index is 14.0. The van der Waals surface area contributed by atoms with Crippen LogP contribution < -0.4 is 14.4 Å². The molecule has 0 aliphatic carbocycles. The molecule has 0 saturated carbocycles. The van der Waals surface area contributed by atoms with E-state index in [4.69, 9.17) is 9.47 Å². The molecule has 0 aromatic heterocycles. The number of anilines is 1. The molecule has 0 radical (unpaired) electrons. The summed E-state index contributed by atoms with van der Waals surface area (Å²) in [5.41, 5.74) is 1.00. The molecule has 6 nitrogen and oxygen atoms in total. The smallest absolute Gasteiger partial charge is 0.300 e. The number of benzene rings is 3. The van der Waals surface area contributed by atoms with E-state index in [0.717, 1.165) is 0 Å². The number of rotatable bonds is 6. The van der Waals surface area contributed by atoms with E-state index in [1.54, 1.807) is 54.6 Å². The third kappa shape index (κ3) is 4.17. The van der Waals surface area contributed by atoms with Gasteiger partial charge in [0.2, 0.25) is 0 Å². The van der Waals surface area contributed by atoms with E-state index in [-0.39, 0.29) is 17.0 Å². The molecule has 1 fully saturated rings. The van der Waals surface area contributed by atoms with Crippen molar-refractivity contribution in [2.45, 2.75) is 13.0 Å². The first-order chi connectivity index (χ1) is 15.9. The largest absolute Gasteiger partial charge is 0.507 e. The van der Waals surface area contributed by atoms with E-state index in [9.17, 15) is 19.1 Å². The van der Waals surface area contributed by atoms with Gasteiger partial charge in [-0.2, -0.15) is 0 Å². The van der Waals surface area contributed by atoms with Crippen LogP contribution in [0.4, 0.5) is 10.1 Å². The number of ketones is 1. The summed E-state index contributed by atoms with van der Waals surface area (Å²) in [4.78, 5) is 27.4. The molecule has 1 aliphatic rings. The third-order valence-electron chi connectivity index (χ3n) is 5.38. The third-order valence-corrected chi connectivity index (χ3v) is 5.38. The van der Waals surface area contributed by atoms with E-state index < -0.39 is 23.5 Å². The Kier molecular flexibility index (Phi) is 6.13. The molecule has 7 heteroatoms. The van der Waals surface area contributed by atoms with Crippen molar-refractivity contribution in [1.29, 1.82) is 0 Å². The summed E-state index contributed by atoms with van der Waals surface area (Å²) in [5, 5.41) is 11.2. The predicted octanol–water partition coefficient (Wildman–Crippen LogP) is 4.86. The molecule has 1 aliphatic heterocycles. The molecule has 1 unspecified atom stereocenters. The molecule has 3 aromatic rings. The van der Waals surface area contributed by atoms with Gasteiger partial charge in [0, 0.05) is 11.3 Å². The highest BCUT2D eigenvalue weighted by Gasteiger charge is 2.47. The molecule has 4 rings (SSSR count). The summed E-state index contributed by atoms with van der Waals surface area (Å²) < 4.78 is 24.7. The normalized spacial score (nSPS) is 17.3. The van der Waals surface area contributed by atoms with Crippen molar-refractivity contribution >= 4 is 23.1 Å². The van der Waals surface area contributed by atoms with Crippen molar-refractivity contribution in [2.75, 3.05) is 18.6 Å². The van der Waals surface area contributed by atoms with Crippen molar-refractivity contribution in [1.82, 2.24) is 0 Å². The van der Waals surface area contributed by atoms with Gasteiger partial charge in [-0.05, 0) is 55.0 Å². The second-order valence-electron chi connectivity index (χ2n) is 7.38. The summed E-state index contributed by atoms with van der Waals surface area (Å²) >= 11 is 0. The second-order valence-corrected chi connectivity index (χ2v) is 7.38. The molecular weight excluding hydrogens is 425 g/mol. The Labute approximate surface area is 190 Å². The minimum Gasteiger partial charge on any atom is -0.507 e. The number of aliphatic hydroxyl groups is 1. The van der Waals surface area contributed by atoms with Gasteiger partial charge in [0.1, 0.15) is 23.1 Å². The average Bonchev–Trinajstić information content (AvgIpc) is 3.09. The molecule has 0 bridgehead atoms. The lowest BCUT2D eigenvalue weighted by atomic mass is 9.95. The number of Topliss-reactive ketones (excluding diaryl/α,β-unsaturated/α-hetero) is 1. The summed E-state index contributed by atoms with van der Waals surface area (Å²) in [6, 6.07) is 17.9. The van der Waals surface area contributed by atoms with E-state index in [1.165, 1.54) is 30.2 Å². The average molecular weight is 447 g/mol. The minimum absolute atomic E-state index is 0.0944. The van der Waals surface area contributed by atoms with Crippen LogP contribution in [0.25, 0.3) is 5.76 Å². The first-order valence-electron chi connectivity index (χ1n) is 10.4. The number of aliphatic hydroxyl groups excluding tert-OH is 1. The molecule has 1 heterocycles. The lowest BCUT2D eigenvalue weighted by Crippen LogP contribution is -2.29. The molecule has 0 spiro atoms. The zero-order chi connectivity index (χ0) is 23.5. The zero-order valence-electron chi connectivity index (χ0n) is 18.1. The maximum absolute atomic E-state index is 14.0. The Balaban J connectivity index is 1.92. The Morgan fingerprint density at radius 3 is 2.39 bits per heavy atom. The fraction of sp³-hybridized carbons (Fsp3) is 0.154. The summed E-state index contributed by atoms with van der Waals surface area (Å²) in [6.45, 7) is 2.26. The van der Waals surface area contributed by atoms with Crippen molar-refractivity contribution in [3.63, 3.8) is 0 Å². The standard InChI is InChI=1S/C26H22FNO5/c1-3-33-21-9-4-6-17(14-21)24(29)22-23(16-10-12-20(32-2)13-11-16)28(26(31)25(22)30)19-8-5-7-18(27)15-19/h4-15,23,29H,3H2,1-2H3/b24-22+. The SMILES string of the molecule is CCOc1cccc(/C(O)=C2\C(=O)C(=O)N(c3cccc(F)c3)C2c2ccc(OC)cc2)c1. The molecule has 1 saturated heterocycles. The highest BCUT2D eigenvalue weighted by atomic mass is 19.1. The van der Waals surface area contributed by atoms with Crippen LogP contribution >= 0.6 is 0 Å². The van der Waals surface area contributed by atoms with Crippen LogP contribution in [0.1, 0.15) is 24.1 Å². The second kappa shape index (κ2) is 9.16. The zero-order valence-corrected chi connectivity index (χ0v) is 18.1. The van der Waals surface area contributed by atoms with Crippen LogP contribution in [0, 0.1) is 5.82 Å². The number of ether oxygens (including phenoxy) is 2. The van der Waals surface area contributed by atoms with E-state index >= 15 is 0 Å². The first-order valence-corrected chi connectivity index (χ1v) is 10.4. The Morgan fingerprint density at radius 1 is 1.00 bits per heavy atom. The van der Waals surface area contributed by atoms with Crippen molar-refractivity contribution in [3.8, 4) is 11.5 Å². The fourth-order valence-corrected chi connectivity index (χ4v) is 3.88. The topological polar surface area (TPSA) is 76.1 Å². The van der Waals surface area contributed by atoms with Gasteiger partial charge >= 0.3 is 0 Å². The number of nitrogens with zero attached hydrogens (tertiary/aromatic N) is 1. The Hall–Kier alpha value is -4.13. The number of hydrogen-bond donors (Lipinski definition) is 1. The number of carbonyl (C=O) groups excluding carboxylic acids is 2. The first kappa shape index (κ1) is 22.1. The van der Waals surface area contributed by atoms with Gasteiger partial charge in [-0.15, -0.1) is 0 Å². The fourth-order valence-electron chi connectivity index (χ4n) is 3.88. The van der Waals surface area contributed by atoms with Gasteiger partial charge in [-0.25, -0.2) is 4.39 Å². The molecule has 1 atom stereocenters. The quantitative estimate of drug-likeness (QED) is 0.332. The van der Waals surface area contributed by atoms with Gasteiger partial charge in [0.15, 0.2) is 0 Å². The molecule has 168 valence electrons. The summed E-state index contributed by atoms with van der Waals surface area (Å²) in [7, 11) is 1.53. The highest BCUT2D eigenvalue weighted by Crippen LogP contribution is 2.42. The van der Waals surface area contributed by atoms with Gasteiger partial charge in [-0.1, -0.05) is 30.3 Å². The van der Waals surface area contributed by atoms with Crippen LogP contribution in [-0.2, 0) is 9.59 Å². The van der Waals surface area contributed by atoms with Crippen LogP contribution in [0.2, 0.25) is 0 Å². The van der Waals surface area contributed by atoms with Crippen LogP contribution in [-0.4, -0.2) is 30.5 Å². The monoisotopic (exact) mass is 447 g/mol. The minimum atomic E-state index is -0.964. The lowest BCUT2D eigenvalue weighted by Gasteiger charge is -2.25. The van der Waals surface area contributed by atoms with Crippen molar-refractivity contribution in [3.05, 3.63) is 95.3 Å². The predicted molar refractivity (Wildman–Crippen MR) is 122 cm³/mol. The molecule has 33 heavy (non-hydrogen) atoms. The van der Waals surface area contributed by atoms with Crippen LogP contribution in [0.5, 0.6) is 11.5 Å². The van der Waals surface area contributed by atoms with Gasteiger partial charge in [0.25, 0.3) is 11.7 Å². The van der Waals surface area contributed by atoms with E-state index in [0.29, 0.717) is 29.2 Å². The number of amides is 1. The van der Waals surface area contributed by atoms with E-state index in [2.05, 4.69) is 0 Å².